The summed E-state index contributed by atoms with van der Waals surface area (Å²) in [5, 5.41) is 3.69. The highest BCUT2D eigenvalue weighted by atomic mass is 15.2. The fraction of sp³-hybridized carbons (Fsp3) is 1.00. The van der Waals surface area contributed by atoms with Gasteiger partial charge in [0.2, 0.25) is 0 Å². The minimum Gasteiger partial charge on any atom is -0.311 e. The van der Waals surface area contributed by atoms with E-state index in [0.717, 1.165) is 6.54 Å². The summed E-state index contributed by atoms with van der Waals surface area (Å²) in [6.45, 7) is 19.9. The molecular formula is C16H34N2. The molecule has 0 bridgehead atoms. The molecule has 18 heavy (non-hydrogen) atoms. The zero-order valence-corrected chi connectivity index (χ0v) is 13.7. The van der Waals surface area contributed by atoms with Crippen LogP contribution in [0.5, 0.6) is 0 Å². The smallest absolute Gasteiger partial charge is 0.0153 e. The Balaban J connectivity index is 2.59. The van der Waals surface area contributed by atoms with Crippen molar-refractivity contribution in [1.82, 2.24) is 10.2 Å². The molecule has 0 radical (unpaired) electrons. The molecule has 1 unspecified atom stereocenters. The zero-order valence-electron chi connectivity index (χ0n) is 13.7. The molecule has 1 N–H and O–H groups in total. The van der Waals surface area contributed by atoms with Crippen molar-refractivity contribution in [3.05, 3.63) is 0 Å². The van der Waals surface area contributed by atoms with Gasteiger partial charge >= 0.3 is 0 Å². The molecular weight excluding hydrogens is 220 g/mol. The summed E-state index contributed by atoms with van der Waals surface area (Å²) < 4.78 is 0. The van der Waals surface area contributed by atoms with E-state index < -0.39 is 0 Å². The van der Waals surface area contributed by atoms with Gasteiger partial charge in [-0.25, -0.2) is 0 Å². The summed E-state index contributed by atoms with van der Waals surface area (Å²) in [4.78, 5) is 2.70. The Bertz CT molecular complexity index is 265. The second kappa shape index (κ2) is 5.50. The standard InChI is InChI=1S/C16H34N2/c1-8-16(7,12-17-14(2,3)4)13-18-11-9-10-15(18,5)6/h17H,8-13H2,1-7H3. The number of hydrogen-bond donors (Lipinski definition) is 1. The normalized spacial score (nSPS) is 24.2. The lowest BCUT2D eigenvalue weighted by Gasteiger charge is -2.41. The number of rotatable bonds is 5. The quantitative estimate of drug-likeness (QED) is 0.805. The predicted octanol–water partition coefficient (Wildman–Crippen LogP) is 3.67. The van der Waals surface area contributed by atoms with Crippen molar-refractivity contribution in [2.24, 2.45) is 5.41 Å². The maximum atomic E-state index is 3.69. The second-order valence-corrected chi connectivity index (χ2v) is 8.11. The Morgan fingerprint density at radius 2 is 1.78 bits per heavy atom. The highest BCUT2D eigenvalue weighted by Crippen LogP contribution is 2.33. The van der Waals surface area contributed by atoms with Gasteiger partial charge in [0.15, 0.2) is 0 Å². The first kappa shape index (κ1) is 16.0. The Morgan fingerprint density at radius 3 is 2.17 bits per heavy atom. The van der Waals surface area contributed by atoms with E-state index in [4.69, 9.17) is 0 Å². The third kappa shape index (κ3) is 4.55. The van der Waals surface area contributed by atoms with Gasteiger partial charge in [-0.1, -0.05) is 13.8 Å². The van der Waals surface area contributed by atoms with E-state index >= 15 is 0 Å². The van der Waals surface area contributed by atoms with Gasteiger partial charge < -0.3 is 5.32 Å². The Morgan fingerprint density at radius 1 is 1.17 bits per heavy atom. The molecule has 2 nitrogen and oxygen atoms in total. The summed E-state index contributed by atoms with van der Waals surface area (Å²) in [5.74, 6) is 0. The van der Waals surface area contributed by atoms with Crippen LogP contribution in [0.3, 0.4) is 0 Å². The van der Waals surface area contributed by atoms with Crippen LogP contribution in [0.2, 0.25) is 0 Å². The van der Waals surface area contributed by atoms with Crippen molar-refractivity contribution in [2.45, 2.75) is 78.8 Å². The van der Waals surface area contributed by atoms with Crippen molar-refractivity contribution in [3.63, 3.8) is 0 Å². The lowest BCUT2D eigenvalue weighted by molar-refractivity contribution is 0.0958. The molecule has 0 aromatic carbocycles. The topological polar surface area (TPSA) is 15.3 Å². The van der Waals surface area contributed by atoms with Gasteiger partial charge in [-0.3, -0.25) is 4.90 Å². The second-order valence-electron chi connectivity index (χ2n) is 8.11. The van der Waals surface area contributed by atoms with Crippen molar-refractivity contribution in [1.29, 1.82) is 0 Å². The van der Waals surface area contributed by atoms with Gasteiger partial charge in [-0.2, -0.15) is 0 Å². The molecule has 0 spiro atoms. The number of nitrogens with one attached hydrogen (secondary N) is 1. The summed E-state index contributed by atoms with van der Waals surface area (Å²) in [7, 11) is 0. The molecule has 1 fully saturated rings. The fourth-order valence-electron chi connectivity index (χ4n) is 2.69. The van der Waals surface area contributed by atoms with Crippen molar-refractivity contribution in [3.8, 4) is 0 Å². The van der Waals surface area contributed by atoms with Crippen LogP contribution in [0.4, 0.5) is 0 Å². The third-order valence-corrected chi connectivity index (χ3v) is 4.54. The molecule has 1 aliphatic heterocycles. The summed E-state index contributed by atoms with van der Waals surface area (Å²) in [5.41, 5.74) is 1.00. The van der Waals surface area contributed by atoms with Crippen LogP contribution in [-0.2, 0) is 0 Å². The Hall–Kier alpha value is -0.0800. The number of hydrogen-bond acceptors (Lipinski definition) is 2. The van der Waals surface area contributed by atoms with E-state index in [2.05, 4.69) is 58.7 Å². The van der Waals surface area contributed by atoms with Gasteiger partial charge in [0.25, 0.3) is 0 Å². The van der Waals surface area contributed by atoms with Gasteiger partial charge in [0.05, 0.1) is 0 Å². The minimum absolute atomic E-state index is 0.219. The van der Waals surface area contributed by atoms with Crippen LogP contribution < -0.4 is 5.32 Å². The van der Waals surface area contributed by atoms with Crippen LogP contribution in [-0.4, -0.2) is 35.6 Å². The maximum absolute atomic E-state index is 3.69. The molecule has 1 heterocycles. The zero-order chi connectivity index (χ0) is 14.0. The molecule has 1 aliphatic rings. The first-order chi connectivity index (χ1) is 8.08. The monoisotopic (exact) mass is 254 g/mol. The van der Waals surface area contributed by atoms with Crippen LogP contribution in [0, 0.1) is 5.41 Å². The van der Waals surface area contributed by atoms with Crippen molar-refractivity contribution in [2.75, 3.05) is 19.6 Å². The molecule has 0 aromatic rings. The van der Waals surface area contributed by atoms with E-state index in [-0.39, 0.29) is 5.54 Å². The van der Waals surface area contributed by atoms with Gasteiger partial charge in [0.1, 0.15) is 0 Å². The summed E-state index contributed by atoms with van der Waals surface area (Å²) in [6, 6.07) is 0. The summed E-state index contributed by atoms with van der Waals surface area (Å²) in [6.07, 6.45) is 3.95. The molecule has 2 heteroatoms. The Labute approximate surface area is 115 Å². The molecule has 108 valence electrons. The van der Waals surface area contributed by atoms with Gasteiger partial charge in [-0.15, -0.1) is 0 Å². The molecule has 0 amide bonds. The van der Waals surface area contributed by atoms with Crippen molar-refractivity contribution >= 4 is 0 Å². The average molecular weight is 254 g/mol. The first-order valence-corrected chi connectivity index (χ1v) is 7.58. The van der Waals surface area contributed by atoms with Gasteiger partial charge in [0, 0.05) is 24.2 Å². The largest absolute Gasteiger partial charge is 0.311 e. The number of nitrogens with zero attached hydrogens (tertiary/aromatic N) is 1. The van der Waals surface area contributed by atoms with Crippen LogP contribution in [0.25, 0.3) is 0 Å². The highest BCUT2D eigenvalue weighted by Gasteiger charge is 2.36. The van der Waals surface area contributed by atoms with Gasteiger partial charge in [-0.05, 0) is 65.8 Å². The Kier molecular flexibility index (Phi) is 4.88. The van der Waals surface area contributed by atoms with E-state index in [0.29, 0.717) is 11.0 Å². The van der Waals surface area contributed by atoms with Crippen LogP contribution in [0.1, 0.15) is 67.7 Å². The molecule has 0 aliphatic carbocycles. The van der Waals surface area contributed by atoms with Crippen LogP contribution in [0.15, 0.2) is 0 Å². The highest BCUT2D eigenvalue weighted by molar-refractivity contribution is 4.92. The predicted molar refractivity (Wildman–Crippen MR) is 81.0 cm³/mol. The minimum atomic E-state index is 0.219. The maximum Gasteiger partial charge on any atom is 0.0153 e. The molecule has 0 aromatic heterocycles. The van der Waals surface area contributed by atoms with E-state index in [1.165, 1.54) is 32.4 Å². The van der Waals surface area contributed by atoms with Crippen molar-refractivity contribution < 1.29 is 0 Å². The molecule has 1 saturated heterocycles. The van der Waals surface area contributed by atoms with Crippen LogP contribution >= 0.6 is 0 Å². The average Bonchev–Trinajstić information content (AvgIpc) is 2.55. The lowest BCUT2D eigenvalue weighted by atomic mass is 9.84. The molecule has 0 saturated carbocycles. The number of likely N-dealkylation sites (tertiary alicyclic amines) is 1. The first-order valence-electron chi connectivity index (χ1n) is 7.58. The third-order valence-electron chi connectivity index (χ3n) is 4.54. The fourth-order valence-corrected chi connectivity index (χ4v) is 2.69. The van der Waals surface area contributed by atoms with E-state index in [1.807, 2.05) is 0 Å². The SMILES string of the molecule is CCC(C)(CNC(C)(C)C)CN1CCCC1(C)C. The van der Waals surface area contributed by atoms with E-state index in [1.54, 1.807) is 0 Å². The van der Waals surface area contributed by atoms with E-state index in [9.17, 15) is 0 Å². The molecule has 1 atom stereocenters. The summed E-state index contributed by atoms with van der Waals surface area (Å²) >= 11 is 0. The lowest BCUT2D eigenvalue weighted by Crippen LogP contribution is -2.50. The molecule has 1 rings (SSSR count).